The minimum atomic E-state index is 0.369. The summed E-state index contributed by atoms with van der Waals surface area (Å²) in [6, 6.07) is 0.369. The van der Waals surface area contributed by atoms with Crippen molar-refractivity contribution in [1.29, 1.82) is 0 Å². The van der Waals surface area contributed by atoms with E-state index in [4.69, 9.17) is 5.73 Å². The Hall–Kier alpha value is -2.48. The molecule has 3 heterocycles. The van der Waals surface area contributed by atoms with Gasteiger partial charge in [-0.2, -0.15) is 15.2 Å². The first-order chi connectivity index (χ1) is 11.7. The largest absolute Gasteiger partial charge is 0.328 e. The van der Waals surface area contributed by atoms with Gasteiger partial charge in [-0.05, 0) is 31.6 Å². The van der Waals surface area contributed by atoms with Crippen molar-refractivity contribution in [2.45, 2.75) is 38.3 Å². The minimum Gasteiger partial charge on any atom is -0.328 e. The number of anilines is 2. The molecule has 0 bridgehead atoms. The molecule has 126 valence electrons. The van der Waals surface area contributed by atoms with Crippen molar-refractivity contribution in [3.63, 3.8) is 0 Å². The molecule has 1 aliphatic rings. The second-order valence-electron chi connectivity index (χ2n) is 6.61. The highest BCUT2D eigenvalue weighted by atomic mass is 15.3. The lowest BCUT2D eigenvalue weighted by Gasteiger charge is -2.25. The van der Waals surface area contributed by atoms with Crippen LogP contribution in [0.5, 0.6) is 0 Å². The van der Waals surface area contributed by atoms with E-state index in [0.29, 0.717) is 17.9 Å². The van der Waals surface area contributed by atoms with Gasteiger partial charge in [0.1, 0.15) is 0 Å². The Bertz CT molecular complexity index is 828. The van der Waals surface area contributed by atoms with Crippen molar-refractivity contribution in [2.24, 2.45) is 18.7 Å². The summed E-state index contributed by atoms with van der Waals surface area (Å²) in [5, 5.41) is 12.8. The molecular formula is C16H22N8. The summed E-state index contributed by atoms with van der Waals surface area (Å²) in [5.74, 6) is 1.18. The highest BCUT2D eigenvalue weighted by molar-refractivity contribution is 5.75. The molecule has 8 heteroatoms. The van der Waals surface area contributed by atoms with Crippen LogP contribution in [0, 0.1) is 5.92 Å². The molecule has 0 aromatic carbocycles. The predicted molar refractivity (Wildman–Crippen MR) is 91.7 cm³/mol. The predicted octanol–water partition coefficient (Wildman–Crippen LogP) is 1.82. The average Bonchev–Trinajstić information content (AvgIpc) is 3.16. The van der Waals surface area contributed by atoms with Crippen LogP contribution in [-0.2, 0) is 13.6 Å². The fourth-order valence-electron chi connectivity index (χ4n) is 3.29. The van der Waals surface area contributed by atoms with E-state index in [1.165, 1.54) is 0 Å². The average molecular weight is 326 g/mol. The number of hydrogen-bond acceptors (Lipinski definition) is 6. The van der Waals surface area contributed by atoms with Crippen molar-refractivity contribution in [3.8, 4) is 0 Å². The third-order valence-electron chi connectivity index (χ3n) is 4.66. The molecule has 24 heavy (non-hydrogen) atoms. The van der Waals surface area contributed by atoms with Gasteiger partial charge in [-0.25, -0.2) is 9.67 Å². The second kappa shape index (κ2) is 6.20. The molecule has 0 radical (unpaired) electrons. The number of nitrogens with zero attached hydrogens (tertiary/aromatic N) is 6. The zero-order valence-electron chi connectivity index (χ0n) is 13.8. The van der Waals surface area contributed by atoms with Crippen molar-refractivity contribution in [3.05, 3.63) is 24.8 Å². The van der Waals surface area contributed by atoms with Crippen LogP contribution < -0.4 is 11.1 Å². The smallest absolute Gasteiger partial charge is 0.229 e. The van der Waals surface area contributed by atoms with Gasteiger partial charge in [0.05, 0.1) is 23.5 Å². The molecule has 0 aliphatic heterocycles. The van der Waals surface area contributed by atoms with Crippen LogP contribution in [-0.4, -0.2) is 35.6 Å². The third kappa shape index (κ3) is 3.09. The van der Waals surface area contributed by atoms with Crippen molar-refractivity contribution < 1.29 is 0 Å². The summed E-state index contributed by atoms with van der Waals surface area (Å²) < 4.78 is 3.73. The van der Waals surface area contributed by atoms with Crippen LogP contribution in [0.15, 0.2) is 24.8 Å². The molecule has 8 nitrogen and oxygen atoms in total. The quantitative estimate of drug-likeness (QED) is 0.758. The molecule has 1 aliphatic carbocycles. The minimum absolute atomic E-state index is 0.369. The Labute approximate surface area is 140 Å². The van der Waals surface area contributed by atoms with Crippen molar-refractivity contribution >= 4 is 22.7 Å². The molecule has 0 saturated heterocycles. The highest BCUT2D eigenvalue weighted by Crippen LogP contribution is 2.25. The van der Waals surface area contributed by atoms with E-state index in [1.54, 1.807) is 17.1 Å². The van der Waals surface area contributed by atoms with E-state index in [0.717, 1.165) is 48.9 Å². The molecule has 0 atom stereocenters. The van der Waals surface area contributed by atoms with Crippen LogP contribution in [0.2, 0.25) is 0 Å². The fourth-order valence-corrected chi connectivity index (χ4v) is 3.29. The van der Waals surface area contributed by atoms with Crippen LogP contribution in [0.1, 0.15) is 25.7 Å². The van der Waals surface area contributed by atoms with Crippen LogP contribution in [0.3, 0.4) is 0 Å². The Morgan fingerprint density at radius 3 is 2.75 bits per heavy atom. The molecule has 1 saturated carbocycles. The molecule has 3 aromatic heterocycles. The van der Waals surface area contributed by atoms with Gasteiger partial charge in [-0.1, -0.05) is 0 Å². The Balaban J connectivity index is 1.54. The Morgan fingerprint density at radius 2 is 2.00 bits per heavy atom. The van der Waals surface area contributed by atoms with E-state index in [1.807, 2.05) is 24.1 Å². The summed E-state index contributed by atoms with van der Waals surface area (Å²) >= 11 is 0. The zero-order chi connectivity index (χ0) is 16.5. The first kappa shape index (κ1) is 15.1. The third-order valence-corrected chi connectivity index (χ3v) is 4.66. The standard InChI is InChI=1S/C16H22N8/c1-23-10-14(8-19-23)21-16-18-6-12-7-20-24(15(12)22-16)9-11-2-4-13(17)5-3-11/h6-8,10-11,13H,2-5,9,17H2,1H3,(H,18,21,22). The van der Waals surface area contributed by atoms with E-state index < -0.39 is 0 Å². The number of nitrogens with two attached hydrogens (primary N) is 1. The van der Waals surface area contributed by atoms with Gasteiger partial charge in [0.15, 0.2) is 5.65 Å². The van der Waals surface area contributed by atoms with E-state index in [-0.39, 0.29) is 0 Å². The van der Waals surface area contributed by atoms with Gasteiger partial charge in [-0.15, -0.1) is 0 Å². The molecule has 1 fully saturated rings. The van der Waals surface area contributed by atoms with Gasteiger partial charge in [0, 0.05) is 32.0 Å². The zero-order valence-corrected chi connectivity index (χ0v) is 13.8. The lowest BCUT2D eigenvalue weighted by molar-refractivity contribution is 0.288. The number of aromatic nitrogens is 6. The van der Waals surface area contributed by atoms with Gasteiger partial charge in [0.25, 0.3) is 0 Å². The van der Waals surface area contributed by atoms with Gasteiger partial charge in [0.2, 0.25) is 5.95 Å². The lowest BCUT2D eigenvalue weighted by Crippen LogP contribution is -2.28. The van der Waals surface area contributed by atoms with E-state index >= 15 is 0 Å². The van der Waals surface area contributed by atoms with Crippen molar-refractivity contribution in [1.82, 2.24) is 29.5 Å². The van der Waals surface area contributed by atoms with E-state index in [2.05, 4.69) is 25.5 Å². The maximum absolute atomic E-state index is 6.00. The topological polar surface area (TPSA) is 99.5 Å². The van der Waals surface area contributed by atoms with Gasteiger partial charge >= 0.3 is 0 Å². The maximum atomic E-state index is 6.00. The summed E-state index contributed by atoms with van der Waals surface area (Å²) in [6.45, 7) is 0.888. The highest BCUT2D eigenvalue weighted by Gasteiger charge is 2.20. The SMILES string of the molecule is Cn1cc(Nc2ncc3cnn(CC4CCC(N)CC4)c3n2)cn1. The fraction of sp³-hybridized carbons (Fsp3) is 0.500. The van der Waals surface area contributed by atoms with E-state index in [9.17, 15) is 0 Å². The normalized spacial score (nSPS) is 21.2. The number of rotatable bonds is 4. The number of hydrogen-bond donors (Lipinski definition) is 2. The molecule has 0 spiro atoms. The number of nitrogens with one attached hydrogen (secondary N) is 1. The van der Waals surface area contributed by atoms with Crippen LogP contribution >= 0.6 is 0 Å². The van der Waals surface area contributed by atoms with Gasteiger partial charge in [-0.3, -0.25) is 4.68 Å². The maximum Gasteiger partial charge on any atom is 0.229 e. The first-order valence-electron chi connectivity index (χ1n) is 8.37. The molecule has 3 N–H and O–H groups in total. The monoisotopic (exact) mass is 326 g/mol. The van der Waals surface area contributed by atoms with Crippen LogP contribution in [0.4, 0.5) is 11.6 Å². The summed E-state index contributed by atoms with van der Waals surface area (Å²) in [4.78, 5) is 8.99. The second-order valence-corrected chi connectivity index (χ2v) is 6.61. The number of fused-ring (bicyclic) bond motifs is 1. The van der Waals surface area contributed by atoms with Gasteiger partial charge < -0.3 is 11.1 Å². The Morgan fingerprint density at radius 1 is 1.17 bits per heavy atom. The molecule has 0 amide bonds. The Kier molecular flexibility index (Phi) is 3.89. The first-order valence-corrected chi connectivity index (χ1v) is 8.37. The summed E-state index contributed by atoms with van der Waals surface area (Å²) in [7, 11) is 1.88. The molecule has 3 aromatic rings. The van der Waals surface area contributed by atoms with Crippen LogP contribution in [0.25, 0.3) is 11.0 Å². The molecule has 0 unspecified atom stereocenters. The summed E-state index contributed by atoms with van der Waals surface area (Å²) in [6.07, 6.45) is 11.8. The number of aryl methyl sites for hydroxylation is 1. The molecule has 4 rings (SSSR count). The summed E-state index contributed by atoms with van der Waals surface area (Å²) in [5.41, 5.74) is 7.73. The molecular weight excluding hydrogens is 304 g/mol. The van der Waals surface area contributed by atoms with Crippen molar-refractivity contribution in [2.75, 3.05) is 5.32 Å². The lowest BCUT2D eigenvalue weighted by atomic mass is 9.86.